The molecule has 1 fully saturated rings. The first kappa shape index (κ1) is 18.6. The third-order valence-corrected chi connectivity index (χ3v) is 4.95. The summed E-state index contributed by atoms with van der Waals surface area (Å²) in [6, 6.07) is 15.7. The molecule has 2 aromatic rings. The molecular formula is C21H25ClN2O2. The Labute approximate surface area is 160 Å². The van der Waals surface area contributed by atoms with Crippen LogP contribution in [0, 0.1) is 6.92 Å². The molecule has 0 spiro atoms. The number of rotatable bonds is 5. The van der Waals surface area contributed by atoms with E-state index in [-0.39, 0.29) is 5.91 Å². The van der Waals surface area contributed by atoms with Crippen molar-refractivity contribution in [2.75, 3.05) is 31.1 Å². The van der Waals surface area contributed by atoms with Gasteiger partial charge in [-0.2, -0.15) is 0 Å². The first-order valence-electron chi connectivity index (χ1n) is 9.09. The van der Waals surface area contributed by atoms with E-state index in [1.807, 2.05) is 61.2 Å². The van der Waals surface area contributed by atoms with Crippen LogP contribution in [0.4, 0.5) is 5.69 Å². The van der Waals surface area contributed by atoms with Gasteiger partial charge in [0.25, 0.3) is 5.91 Å². The number of ether oxygens (including phenoxy) is 1. The maximum Gasteiger partial charge on any atom is 0.263 e. The number of amides is 1. The molecule has 1 amide bonds. The minimum atomic E-state index is -0.435. The van der Waals surface area contributed by atoms with Gasteiger partial charge in [-0.1, -0.05) is 42.3 Å². The quantitative estimate of drug-likeness (QED) is 0.790. The summed E-state index contributed by atoms with van der Waals surface area (Å²) < 4.78 is 5.94. The number of halogens is 1. The minimum Gasteiger partial charge on any atom is -0.481 e. The van der Waals surface area contributed by atoms with Crippen molar-refractivity contribution in [3.05, 3.63) is 59.1 Å². The van der Waals surface area contributed by atoms with E-state index in [0.29, 0.717) is 19.5 Å². The van der Waals surface area contributed by atoms with Gasteiger partial charge in [0.1, 0.15) is 5.75 Å². The summed E-state index contributed by atoms with van der Waals surface area (Å²) in [7, 11) is 0. The molecule has 0 radical (unpaired) electrons. The molecule has 1 atom stereocenters. The summed E-state index contributed by atoms with van der Waals surface area (Å²) in [5.74, 6) is 0.812. The van der Waals surface area contributed by atoms with Gasteiger partial charge in [-0.25, -0.2) is 0 Å². The van der Waals surface area contributed by atoms with Crippen molar-refractivity contribution in [2.45, 2.75) is 26.4 Å². The fourth-order valence-corrected chi connectivity index (χ4v) is 3.34. The number of hydrogen-bond acceptors (Lipinski definition) is 3. The number of piperazine rings is 1. The molecule has 1 aliphatic heterocycles. The van der Waals surface area contributed by atoms with Gasteiger partial charge in [0.05, 0.1) is 0 Å². The van der Waals surface area contributed by atoms with Crippen LogP contribution >= 0.6 is 11.6 Å². The predicted molar refractivity (Wildman–Crippen MR) is 106 cm³/mol. The molecule has 1 saturated heterocycles. The lowest BCUT2D eigenvalue weighted by molar-refractivity contribution is -0.139. The molecule has 1 heterocycles. The smallest absolute Gasteiger partial charge is 0.263 e. The van der Waals surface area contributed by atoms with E-state index in [0.717, 1.165) is 29.5 Å². The third kappa shape index (κ3) is 4.50. The Kier molecular flexibility index (Phi) is 6.04. The van der Waals surface area contributed by atoms with E-state index in [1.165, 1.54) is 5.56 Å². The van der Waals surface area contributed by atoms with Crippen molar-refractivity contribution in [3.8, 4) is 5.75 Å². The maximum atomic E-state index is 12.9. The van der Waals surface area contributed by atoms with Crippen LogP contribution in [0.3, 0.4) is 0 Å². The van der Waals surface area contributed by atoms with Gasteiger partial charge in [-0.05, 0) is 43.7 Å². The highest BCUT2D eigenvalue weighted by Crippen LogP contribution is 2.22. The van der Waals surface area contributed by atoms with Crippen molar-refractivity contribution in [2.24, 2.45) is 0 Å². The van der Waals surface area contributed by atoms with E-state index in [4.69, 9.17) is 16.3 Å². The van der Waals surface area contributed by atoms with Crippen molar-refractivity contribution >= 4 is 23.2 Å². The van der Waals surface area contributed by atoms with Crippen LogP contribution in [0.1, 0.15) is 18.9 Å². The summed E-state index contributed by atoms with van der Waals surface area (Å²) >= 11 is 6.08. The summed E-state index contributed by atoms with van der Waals surface area (Å²) in [6.07, 6.45) is 0.219. The first-order valence-corrected chi connectivity index (χ1v) is 9.47. The van der Waals surface area contributed by atoms with Gasteiger partial charge in [-0.15, -0.1) is 0 Å². The third-order valence-electron chi connectivity index (χ3n) is 4.71. The zero-order chi connectivity index (χ0) is 18.5. The van der Waals surface area contributed by atoms with Crippen molar-refractivity contribution in [1.29, 1.82) is 0 Å². The summed E-state index contributed by atoms with van der Waals surface area (Å²) in [6.45, 7) is 7.00. The molecule has 0 aromatic heterocycles. The number of benzene rings is 2. The second-order valence-electron chi connectivity index (χ2n) is 6.62. The maximum absolute atomic E-state index is 12.9. The Morgan fingerprint density at radius 1 is 1.12 bits per heavy atom. The largest absolute Gasteiger partial charge is 0.481 e. The number of nitrogens with zero attached hydrogens (tertiary/aromatic N) is 2. The molecule has 5 heteroatoms. The minimum absolute atomic E-state index is 0.0684. The zero-order valence-corrected chi connectivity index (χ0v) is 16.1. The predicted octanol–water partition coefficient (Wildman–Crippen LogP) is 4.15. The fraction of sp³-hybridized carbons (Fsp3) is 0.381. The summed E-state index contributed by atoms with van der Waals surface area (Å²) in [4.78, 5) is 17.0. The van der Waals surface area contributed by atoms with Crippen LogP contribution < -0.4 is 9.64 Å². The van der Waals surface area contributed by atoms with Crippen LogP contribution in [0.5, 0.6) is 5.75 Å². The molecule has 2 aromatic carbocycles. The second kappa shape index (κ2) is 8.45. The molecule has 0 saturated carbocycles. The average Bonchev–Trinajstić information content (AvgIpc) is 2.67. The van der Waals surface area contributed by atoms with Crippen LogP contribution in [0.25, 0.3) is 0 Å². The van der Waals surface area contributed by atoms with Crippen molar-refractivity contribution in [3.63, 3.8) is 0 Å². The normalized spacial score (nSPS) is 15.7. The van der Waals surface area contributed by atoms with Gasteiger partial charge < -0.3 is 14.5 Å². The standard InChI is InChI=1S/C21H25ClN2O2/c1-3-20(26-19-9-7-16(2)8-10-19)21(25)24-13-11-23(12-14-24)18-6-4-5-17(22)15-18/h4-10,15,20H,3,11-14H2,1-2H3/t20-/m0/s1. The van der Waals surface area contributed by atoms with E-state index >= 15 is 0 Å². The Balaban J connectivity index is 1.58. The molecule has 3 rings (SSSR count). The van der Waals surface area contributed by atoms with Crippen LogP contribution in [0.2, 0.25) is 5.02 Å². The van der Waals surface area contributed by atoms with Gasteiger partial charge in [0.15, 0.2) is 6.10 Å². The Hall–Kier alpha value is -2.20. The number of carbonyl (C=O) groups is 1. The van der Waals surface area contributed by atoms with Gasteiger partial charge in [0.2, 0.25) is 0 Å². The number of hydrogen-bond donors (Lipinski definition) is 0. The van der Waals surface area contributed by atoms with Crippen LogP contribution in [-0.2, 0) is 4.79 Å². The zero-order valence-electron chi connectivity index (χ0n) is 15.3. The SMILES string of the molecule is CC[C@H](Oc1ccc(C)cc1)C(=O)N1CCN(c2cccc(Cl)c2)CC1. The molecule has 0 bridgehead atoms. The molecule has 138 valence electrons. The summed E-state index contributed by atoms with van der Waals surface area (Å²) in [5, 5.41) is 0.735. The van der Waals surface area contributed by atoms with Crippen LogP contribution in [0.15, 0.2) is 48.5 Å². The summed E-state index contributed by atoms with van der Waals surface area (Å²) in [5.41, 5.74) is 2.28. The first-order chi connectivity index (χ1) is 12.6. The highest BCUT2D eigenvalue weighted by Gasteiger charge is 2.28. The number of carbonyl (C=O) groups excluding carboxylic acids is 1. The Morgan fingerprint density at radius 2 is 1.81 bits per heavy atom. The molecule has 1 aliphatic rings. The highest BCUT2D eigenvalue weighted by atomic mass is 35.5. The van der Waals surface area contributed by atoms with E-state index < -0.39 is 6.10 Å². The molecular weight excluding hydrogens is 348 g/mol. The second-order valence-corrected chi connectivity index (χ2v) is 7.06. The van der Waals surface area contributed by atoms with Crippen LogP contribution in [-0.4, -0.2) is 43.1 Å². The number of aryl methyl sites for hydroxylation is 1. The van der Waals surface area contributed by atoms with Crippen molar-refractivity contribution in [1.82, 2.24) is 4.90 Å². The molecule has 4 nitrogen and oxygen atoms in total. The Bertz CT molecular complexity index is 740. The number of anilines is 1. The van der Waals surface area contributed by atoms with E-state index in [1.54, 1.807) is 0 Å². The topological polar surface area (TPSA) is 32.8 Å². The fourth-order valence-electron chi connectivity index (χ4n) is 3.15. The lowest BCUT2D eigenvalue weighted by Crippen LogP contribution is -2.52. The Morgan fingerprint density at radius 3 is 2.42 bits per heavy atom. The van der Waals surface area contributed by atoms with Gasteiger partial charge in [0, 0.05) is 36.9 Å². The molecule has 0 aliphatic carbocycles. The highest BCUT2D eigenvalue weighted by molar-refractivity contribution is 6.30. The molecule has 26 heavy (non-hydrogen) atoms. The van der Waals surface area contributed by atoms with Crippen molar-refractivity contribution < 1.29 is 9.53 Å². The molecule has 0 N–H and O–H groups in total. The lowest BCUT2D eigenvalue weighted by Gasteiger charge is -2.37. The van der Waals surface area contributed by atoms with E-state index in [2.05, 4.69) is 11.0 Å². The van der Waals surface area contributed by atoms with E-state index in [9.17, 15) is 4.79 Å². The lowest BCUT2D eigenvalue weighted by atomic mass is 10.2. The van der Waals surface area contributed by atoms with Gasteiger partial charge >= 0.3 is 0 Å². The average molecular weight is 373 g/mol. The molecule has 0 unspecified atom stereocenters. The monoisotopic (exact) mass is 372 g/mol. The van der Waals surface area contributed by atoms with Gasteiger partial charge in [-0.3, -0.25) is 4.79 Å².